The van der Waals surface area contributed by atoms with Crippen LogP contribution in [0.4, 0.5) is 5.69 Å². The zero-order chi connectivity index (χ0) is 18.9. The van der Waals surface area contributed by atoms with Crippen molar-refractivity contribution in [2.45, 2.75) is 26.7 Å². The van der Waals surface area contributed by atoms with E-state index in [1.165, 1.54) is 10.6 Å². The molecule has 0 radical (unpaired) electrons. The minimum absolute atomic E-state index is 0.149. The molecule has 3 rings (SSSR count). The topological polar surface area (TPSA) is 84.3 Å². The summed E-state index contributed by atoms with van der Waals surface area (Å²) in [7, 11) is -3.27. The quantitative estimate of drug-likeness (QED) is 0.886. The standard InChI is InChI=1S/C18H24N4O3S/c1-13-10-14(2)22(20-13)17-8-4-7-16(11-17)19-18(23)15-6-5-9-21(12-15)26(3,24)25/h4,7-8,10-11,15H,5-6,9,12H2,1-3H3,(H,19,23)/t15-/m0/s1. The van der Waals surface area contributed by atoms with Crippen molar-refractivity contribution in [1.82, 2.24) is 14.1 Å². The zero-order valence-electron chi connectivity index (χ0n) is 15.3. The summed E-state index contributed by atoms with van der Waals surface area (Å²) in [5.74, 6) is -0.486. The highest BCUT2D eigenvalue weighted by atomic mass is 32.2. The van der Waals surface area contributed by atoms with Crippen molar-refractivity contribution in [1.29, 1.82) is 0 Å². The Hall–Kier alpha value is -2.19. The number of aromatic nitrogens is 2. The van der Waals surface area contributed by atoms with Gasteiger partial charge in [-0.2, -0.15) is 5.10 Å². The molecule has 1 aliphatic rings. The number of hydrogen-bond donors (Lipinski definition) is 1. The predicted octanol–water partition coefficient (Wildman–Crippen LogP) is 2.10. The number of anilines is 1. The van der Waals surface area contributed by atoms with Crippen LogP contribution in [0.15, 0.2) is 30.3 Å². The normalized spacial score (nSPS) is 18.7. The minimum Gasteiger partial charge on any atom is -0.326 e. The van der Waals surface area contributed by atoms with Gasteiger partial charge >= 0.3 is 0 Å². The number of carbonyl (C=O) groups is 1. The molecule has 2 heterocycles. The SMILES string of the molecule is Cc1cc(C)n(-c2cccc(NC(=O)[C@H]3CCCN(S(C)(=O)=O)C3)c2)n1. The fourth-order valence-electron chi connectivity index (χ4n) is 3.31. The molecule has 1 saturated heterocycles. The van der Waals surface area contributed by atoms with Crippen molar-refractivity contribution in [3.05, 3.63) is 41.7 Å². The Kier molecular flexibility index (Phi) is 5.15. The Balaban J connectivity index is 1.74. The number of nitrogens with zero attached hydrogens (tertiary/aromatic N) is 3. The van der Waals surface area contributed by atoms with Crippen LogP contribution in [0.5, 0.6) is 0 Å². The number of carbonyl (C=O) groups excluding carboxylic acids is 1. The molecule has 7 nitrogen and oxygen atoms in total. The summed E-state index contributed by atoms with van der Waals surface area (Å²) in [6.45, 7) is 4.64. The molecule has 0 saturated carbocycles. The van der Waals surface area contributed by atoms with E-state index in [0.717, 1.165) is 17.1 Å². The second-order valence-electron chi connectivity index (χ2n) is 6.84. The maximum Gasteiger partial charge on any atom is 0.228 e. The third kappa shape index (κ3) is 4.13. The van der Waals surface area contributed by atoms with Crippen molar-refractivity contribution in [3.8, 4) is 5.69 Å². The number of aryl methyl sites for hydroxylation is 2. The Morgan fingerprint density at radius 2 is 2.04 bits per heavy atom. The van der Waals surface area contributed by atoms with Crippen molar-refractivity contribution >= 4 is 21.6 Å². The molecule has 140 valence electrons. The van der Waals surface area contributed by atoms with E-state index in [0.29, 0.717) is 25.1 Å². The molecule has 0 spiro atoms. The van der Waals surface area contributed by atoms with Crippen LogP contribution in [0.25, 0.3) is 5.69 Å². The van der Waals surface area contributed by atoms with Gasteiger partial charge in [-0.3, -0.25) is 4.79 Å². The summed E-state index contributed by atoms with van der Waals surface area (Å²) in [5.41, 5.74) is 3.49. The second kappa shape index (κ2) is 7.20. The van der Waals surface area contributed by atoms with Crippen LogP contribution < -0.4 is 5.32 Å². The molecule has 26 heavy (non-hydrogen) atoms. The first kappa shape index (κ1) is 18.6. The zero-order valence-corrected chi connectivity index (χ0v) is 16.1. The Bertz CT molecular complexity index is 920. The second-order valence-corrected chi connectivity index (χ2v) is 8.82. The Labute approximate surface area is 154 Å². The summed E-state index contributed by atoms with van der Waals surface area (Å²) in [5, 5.41) is 7.38. The van der Waals surface area contributed by atoms with E-state index in [1.54, 1.807) is 0 Å². The van der Waals surface area contributed by atoms with E-state index in [2.05, 4.69) is 10.4 Å². The molecule has 1 fully saturated rings. The van der Waals surface area contributed by atoms with Crippen LogP contribution in [0.1, 0.15) is 24.2 Å². The van der Waals surface area contributed by atoms with Crippen molar-refractivity contribution in [2.75, 3.05) is 24.7 Å². The average molecular weight is 376 g/mol. The van der Waals surface area contributed by atoms with Crippen LogP contribution in [-0.4, -0.2) is 47.8 Å². The number of sulfonamides is 1. The van der Waals surface area contributed by atoms with Crippen LogP contribution in [0.3, 0.4) is 0 Å². The van der Waals surface area contributed by atoms with Crippen LogP contribution >= 0.6 is 0 Å². The third-order valence-corrected chi connectivity index (χ3v) is 5.86. The lowest BCUT2D eigenvalue weighted by atomic mass is 9.98. The molecule has 1 aromatic carbocycles. The highest BCUT2D eigenvalue weighted by molar-refractivity contribution is 7.88. The van der Waals surface area contributed by atoms with Gasteiger partial charge in [0.2, 0.25) is 15.9 Å². The monoisotopic (exact) mass is 376 g/mol. The van der Waals surface area contributed by atoms with Gasteiger partial charge in [-0.15, -0.1) is 0 Å². The number of nitrogens with one attached hydrogen (secondary N) is 1. The molecule has 1 amide bonds. The van der Waals surface area contributed by atoms with Gasteiger partial charge in [-0.25, -0.2) is 17.4 Å². The molecule has 0 unspecified atom stereocenters. The minimum atomic E-state index is -3.27. The lowest BCUT2D eigenvalue weighted by molar-refractivity contribution is -0.120. The van der Waals surface area contributed by atoms with E-state index in [9.17, 15) is 13.2 Å². The summed E-state index contributed by atoms with van der Waals surface area (Å²) in [6.07, 6.45) is 2.57. The van der Waals surface area contributed by atoms with Crippen molar-refractivity contribution in [3.63, 3.8) is 0 Å². The van der Waals surface area contributed by atoms with Crippen molar-refractivity contribution in [2.24, 2.45) is 5.92 Å². The predicted molar refractivity (Wildman–Crippen MR) is 101 cm³/mol. The molecule has 1 aliphatic heterocycles. The van der Waals surface area contributed by atoms with E-state index in [4.69, 9.17) is 0 Å². The number of rotatable bonds is 4. The number of piperidine rings is 1. The molecule has 0 aliphatic carbocycles. The molecule has 1 N–H and O–H groups in total. The van der Waals surface area contributed by atoms with Crippen molar-refractivity contribution < 1.29 is 13.2 Å². The van der Waals surface area contributed by atoms with Crippen LogP contribution in [0, 0.1) is 19.8 Å². The number of amides is 1. The van der Waals surface area contributed by atoms with E-state index >= 15 is 0 Å². The van der Waals surface area contributed by atoms with Crippen LogP contribution in [-0.2, 0) is 14.8 Å². The molecule has 1 aromatic heterocycles. The first-order chi connectivity index (χ1) is 12.2. The highest BCUT2D eigenvalue weighted by Crippen LogP contribution is 2.22. The third-order valence-electron chi connectivity index (χ3n) is 4.59. The molecule has 0 bridgehead atoms. The lowest BCUT2D eigenvalue weighted by Crippen LogP contribution is -2.43. The van der Waals surface area contributed by atoms with Gasteiger partial charge in [0.1, 0.15) is 0 Å². The Morgan fingerprint density at radius 3 is 2.69 bits per heavy atom. The fraction of sp³-hybridized carbons (Fsp3) is 0.444. The first-order valence-corrected chi connectivity index (χ1v) is 10.5. The maximum atomic E-state index is 12.6. The maximum absolute atomic E-state index is 12.6. The summed E-state index contributed by atoms with van der Waals surface area (Å²) in [4.78, 5) is 12.6. The fourth-order valence-corrected chi connectivity index (χ4v) is 4.22. The Morgan fingerprint density at radius 1 is 1.27 bits per heavy atom. The largest absolute Gasteiger partial charge is 0.326 e. The van der Waals surface area contributed by atoms with Gasteiger partial charge in [-0.05, 0) is 51.0 Å². The van der Waals surface area contributed by atoms with Gasteiger partial charge < -0.3 is 5.32 Å². The van der Waals surface area contributed by atoms with E-state index in [-0.39, 0.29) is 18.4 Å². The molecular formula is C18H24N4O3S. The summed E-state index contributed by atoms with van der Waals surface area (Å²) >= 11 is 0. The van der Waals surface area contributed by atoms with Gasteiger partial charge in [0.25, 0.3) is 0 Å². The smallest absolute Gasteiger partial charge is 0.228 e. The van der Waals surface area contributed by atoms with Gasteiger partial charge in [0.05, 0.1) is 23.6 Å². The van der Waals surface area contributed by atoms with Gasteiger partial charge in [-0.1, -0.05) is 6.07 Å². The van der Waals surface area contributed by atoms with E-state index < -0.39 is 10.0 Å². The first-order valence-electron chi connectivity index (χ1n) is 8.64. The van der Waals surface area contributed by atoms with Gasteiger partial charge in [0.15, 0.2) is 0 Å². The van der Waals surface area contributed by atoms with Crippen LogP contribution in [0.2, 0.25) is 0 Å². The summed E-state index contributed by atoms with van der Waals surface area (Å²) < 4.78 is 26.7. The molecule has 2 aromatic rings. The van der Waals surface area contributed by atoms with E-state index in [1.807, 2.05) is 48.9 Å². The average Bonchev–Trinajstić information content (AvgIpc) is 2.93. The number of benzene rings is 1. The lowest BCUT2D eigenvalue weighted by Gasteiger charge is -2.30. The molecular weight excluding hydrogens is 352 g/mol. The summed E-state index contributed by atoms with van der Waals surface area (Å²) in [6, 6.07) is 9.48. The molecule has 1 atom stereocenters. The van der Waals surface area contributed by atoms with Gasteiger partial charge in [0, 0.05) is 24.5 Å². The molecule has 8 heteroatoms. The number of hydrogen-bond acceptors (Lipinski definition) is 4. The highest BCUT2D eigenvalue weighted by Gasteiger charge is 2.30.